The average molecular weight is 391 g/mol. The molecule has 0 fully saturated rings. The minimum absolute atomic E-state index is 0.0258. The molecule has 29 heavy (non-hydrogen) atoms. The van der Waals surface area contributed by atoms with Crippen molar-refractivity contribution in [3.8, 4) is 11.5 Å². The molecule has 3 rings (SSSR count). The average Bonchev–Trinajstić information content (AvgIpc) is 2.73. The quantitative estimate of drug-likeness (QED) is 0.363. The molecule has 0 aromatic heterocycles. The van der Waals surface area contributed by atoms with Crippen molar-refractivity contribution in [2.24, 2.45) is 5.10 Å². The molecule has 0 saturated heterocycles. The summed E-state index contributed by atoms with van der Waals surface area (Å²) >= 11 is 0. The normalized spacial score (nSPS) is 10.6. The van der Waals surface area contributed by atoms with Crippen LogP contribution in [0, 0.1) is 10.1 Å². The number of para-hydroxylation sites is 1. The molecule has 1 amide bonds. The molecule has 0 bridgehead atoms. The summed E-state index contributed by atoms with van der Waals surface area (Å²) in [7, 11) is 0. The number of hydrogen-bond donors (Lipinski definition) is 2. The molecule has 3 aromatic rings. The lowest BCUT2D eigenvalue weighted by Gasteiger charge is -2.07. The van der Waals surface area contributed by atoms with Gasteiger partial charge in [-0.05, 0) is 47.5 Å². The number of hydrogen-bond acceptors (Lipinski definition) is 6. The Labute approximate surface area is 166 Å². The number of hydrazone groups is 1. The zero-order valence-corrected chi connectivity index (χ0v) is 15.2. The van der Waals surface area contributed by atoms with Gasteiger partial charge in [-0.15, -0.1) is 0 Å². The van der Waals surface area contributed by atoms with Gasteiger partial charge in [0.15, 0.2) is 0 Å². The fraction of sp³-hybridized carbons (Fsp3) is 0.0476. The Morgan fingerprint density at radius 3 is 2.59 bits per heavy atom. The first-order valence-corrected chi connectivity index (χ1v) is 8.60. The SMILES string of the molecule is O=C(NN=Cc1cccc(OCc2ccc([N+](=O)[O-])cc2)c1)c1ccccc1O. The Hall–Kier alpha value is -4.20. The topological polar surface area (TPSA) is 114 Å². The largest absolute Gasteiger partial charge is 0.507 e. The van der Waals surface area contributed by atoms with Crippen LogP contribution in [0.25, 0.3) is 0 Å². The maximum absolute atomic E-state index is 12.0. The van der Waals surface area contributed by atoms with Crippen molar-refractivity contribution in [2.45, 2.75) is 6.61 Å². The first-order valence-electron chi connectivity index (χ1n) is 8.60. The van der Waals surface area contributed by atoms with E-state index in [9.17, 15) is 20.0 Å². The molecule has 0 spiro atoms. The summed E-state index contributed by atoms with van der Waals surface area (Å²) in [5.74, 6) is -0.0638. The number of aromatic hydroxyl groups is 1. The molecule has 0 atom stereocenters. The van der Waals surface area contributed by atoms with E-state index >= 15 is 0 Å². The summed E-state index contributed by atoms with van der Waals surface area (Å²) in [4.78, 5) is 22.2. The van der Waals surface area contributed by atoms with Crippen LogP contribution in [-0.2, 0) is 6.61 Å². The maximum Gasteiger partial charge on any atom is 0.275 e. The van der Waals surface area contributed by atoms with E-state index in [1.807, 2.05) is 0 Å². The number of phenolic OH excluding ortho intramolecular Hbond substituents is 1. The summed E-state index contributed by atoms with van der Waals surface area (Å²) < 4.78 is 5.69. The minimum atomic E-state index is -0.523. The number of nitro benzene ring substituents is 1. The number of nitro groups is 1. The number of rotatable bonds is 7. The van der Waals surface area contributed by atoms with Crippen LogP contribution in [0.15, 0.2) is 77.9 Å². The fourth-order valence-electron chi connectivity index (χ4n) is 2.46. The van der Waals surface area contributed by atoms with Gasteiger partial charge in [0.05, 0.1) is 16.7 Å². The van der Waals surface area contributed by atoms with Gasteiger partial charge in [-0.25, -0.2) is 5.43 Å². The number of non-ortho nitro benzene ring substituents is 1. The third-order valence-corrected chi connectivity index (χ3v) is 3.94. The highest BCUT2D eigenvalue weighted by atomic mass is 16.6. The molecule has 0 aliphatic rings. The van der Waals surface area contributed by atoms with Gasteiger partial charge in [-0.1, -0.05) is 24.3 Å². The van der Waals surface area contributed by atoms with Crippen LogP contribution in [0.1, 0.15) is 21.5 Å². The lowest BCUT2D eigenvalue weighted by atomic mass is 10.2. The van der Waals surface area contributed by atoms with E-state index < -0.39 is 10.8 Å². The molecular formula is C21H17N3O5. The monoisotopic (exact) mass is 391 g/mol. The summed E-state index contributed by atoms with van der Waals surface area (Å²) in [5, 5.41) is 24.2. The van der Waals surface area contributed by atoms with Gasteiger partial charge < -0.3 is 9.84 Å². The predicted octanol–water partition coefficient (Wildman–Crippen LogP) is 3.64. The van der Waals surface area contributed by atoms with Gasteiger partial charge in [-0.2, -0.15) is 5.10 Å². The summed E-state index contributed by atoms with van der Waals surface area (Å²) in [5.41, 5.74) is 4.00. The predicted molar refractivity (Wildman–Crippen MR) is 107 cm³/mol. The Balaban J connectivity index is 1.57. The van der Waals surface area contributed by atoms with Crippen molar-refractivity contribution in [3.63, 3.8) is 0 Å². The molecule has 3 aromatic carbocycles. The van der Waals surface area contributed by atoms with Crippen LogP contribution in [0.5, 0.6) is 11.5 Å². The summed E-state index contributed by atoms with van der Waals surface area (Å²) in [6, 6.07) is 19.4. The number of ether oxygens (including phenoxy) is 1. The highest BCUT2D eigenvalue weighted by molar-refractivity contribution is 5.97. The number of carbonyl (C=O) groups is 1. The van der Waals surface area contributed by atoms with Crippen LogP contribution in [0.3, 0.4) is 0 Å². The van der Waals surface area contributed by atoms with Crippen molar-refractivity contribution >= 4 is 17.8 Å². The Morgan fingerprint density at radius 2 is 1.86 bits per heavy atom. The number of phenols is 1. The second kappa shape index (κ2) is 9.14. The van der Waals surface area contributed by atoms with Gasteiger partial charge >= 0.3 is 0 Å². The number of amides is 1. The van der Waals surface area contributed by atoms with E-state index in [1.165, 1.54) is 30.5 Å². The van der Waals surface area contributed by atoms with Crippen molar-refractivity contribution in [2.75, 3.05) is 0 Å². The Bertz CT molecular complexity index is 1050. The molecule has 146 valence electrons. The Kier molecular flexibility index (Phi) is 6.16. The third-order valence-electron chi connectivity index (χ3n) is 3.94. The maximum atomic E-state index is 12.0. The highest BCUT2D eigenvalue weighted by Crippen LogP contribution is 2.17. The second-order valence-corrected chi connectivity index (χ2v) is 6.00. The van der Waals surface area contributed by atoms with Gasteiger partial charge in [0.25, 0.3) is 11.6 Å². The van der Waals surface area contributed by atoms with Crippen LogP contribution < -0.4 is 10.2 Å². The molecule has 0 heterocycles. The smallest absolute Gasteiger partial charge is 0.275 e. The van der Waals surface area contributed by atoms with Crippen molar-refractivity contribution in [1.82, 2.24) is 5.43 Å². The number of benzene rings is 3. The molecular weight excluding hydrogens is 374 g/mol. The van der Waals surface area contributed by atoms with E-state index in [2.05, 4.69) is 10.5 Å². The van der Waals surface area contributed by atoms with Crippen LogP contribution >= 0.6 is 0 Å². The van der Waals surface area contributed by atoms with Gasteiger partial charge in [0, 0.05) is 12.1 Å². The molecule has 0 aliphatic carbocycles. The second-order valence-electron chi connectivity index (χ2n) is 6.00. The lowest BCUT2D eigenvalue weighted by molar-refractivity contribution is -0.384. The molecule has 2 N–H and O–H groups in total. The van der Waals surface area contributed by atoms with Crippen LogP contribution in [0.2, 0.25) is 0 Å². The van der Waals surface area contributed by atoms with E-state index in [0.717, 1.165) is 5.56 Å². The number of nitrogens with one attached hydrogen (secondary N) is 1. The first-order chi connectivity index (χ1) is 14.0. The summed E-state index contributed by atoms with van der Waals surface area (Å²) in [6.07, 6.45) is 1.45. The molecule has 8 nitrogen and oxygen atoms in total. The molecule has 0 aliphatic heterocycles. The number of nitrogens with zero attached hydrogens (tertiary/aromatic N) is 2. The first kappa shape index (κ1) is 19.6. The van der Waals surface area contributed by atoms with Crippen LogP contribution in [0.4, 0.5) is 5.69 Å². The third kappa shape index (κ3) is 5.39. The Morgan fingerprint density at radius 1 is 1.10 bits per heavy atom. The molecule has 8 heteroatoms. The van der Waals surface area contributed by atoms with E-state index in [1.54, 1.807) is 48.5 Å². The van der Waals surface area contributed by atoms with Gasteiger partial charge in [-0.3, -0.25) is 14.9 Å². The van der Waals surface area contributed by atoms with E-state index in [0.29, 0.717) is 11.3 Å². The molecule has 0 saturated carbocycles. The van der Waals surface area contributed by atoms with Crippen molar-refractivity contribution < 1.29 is 19.6 Å². The van der Waals surface area contributed by atoms with Gasteiger partial charge in [0.1, 0.15) is 18.1 Å². The molecule has 0 radical (unpaired) electrons. The zero-order valence-electron chi connectivity index (χ0n) is 15.2. The van der Waals surface area contributed by atoms with E-state index in [-0.39, 0.29) is 23.6 Å². The number of carbonyl (C=O) groups excluding carboxylic acids is 1. The lowest BCUT2D eigenvalue weighted by Crippen LogP contribution is -2.17. The van der Waals surface area contributed by atoms with Crippen molar-refractivity contribution in [3.05, 3.63) is 99.6 Å². The van der Waals surface area contributed by atoms with Crippen LogP contribution in [-0.4, -0.2) is 22.2 Å². The fourth-order valence-corrected chi connectivity index (χ4v) is 2.46. The minimum Gasteiger partial charge on any atom is -0.507 e. The summed E-state index contributed by atoms with van der Waals surface area (Å²) in [6.45, 7) is 0.253. The standard InChI is InChI=1S/C21H17N3O5/c25-20-7-2-1-6-19(20)21(26)23-22-13-16-4-3-5-18(12-16)29-14-15-8-10-17(11-9-15)24(27)28/h1-13,25H,14H2,(H,23,26). The van der Waals surface area contributed by atoms with Gasteiger partial charge in [0.2, 0.25) is 0 Å². The zero-order chi connectivity index (χ0) is 20.6. The van der Waals surface area contributed by atoms with Crippen molar-refractivity contribution in [1.29, 1.82) is 0 Å². The van der Waals surface area contributed by atoms with E-state index in [4.69, 9.17) is 4.74 Å². The highest BCUT2D eigenvalue weighted by Gasteiger charge is 2.08. The molecule has 0 unspecified atom stereocenters.